The Morgan fingerprint density at radius 2 is 0.927 bits per heavy atom. The molecule has 0 amide bonds. The summed E-state index contributed by atoms with van der Waals surface area (Å²) in [5.74, 6) is 0.542. The molecule has 0 bridgehead atoms. The van der Waals surface area contributed by atoms with Crippen LogP contribution in [0.4, 0.5) is 34.1 Å². The lowest BCUT2D eigenvalue weighted by Crippen LogP contribution is -2.13. The number of aromatic nitrogens is 1. The zero-order valence-corrected chi connectivity index (χ0v) is 29.5. The van der Waals surface area contributed by atoms with Crippen molar-refractivity contribution in [3.8, 4) is 11.5 Å². The highest BCUT2D eigenvalue weighted by atomic mass is 16.4. The van der Waals surface area contributed by atoms with E-state index in [1.807, 2.05) is 72.8 Å². The number of fused-ring (bicyclic) bond motifs is 7. The SMILES string of the molecule is c1ccc(-c2nc3cc(N(c4ccccc4)c4cccc5c4oc4ccccc45)cc(N(c4ccccc4)c4ccc5c(c4)oc4ccccc45)c3o2)cc1. The van der Waals surface area contributed by atoms with Crippen molar-refractivity contribution in [2.45, 2.75) is 0 Å². The topological polar surface area (TPSA) is 58.8 Å². The normalized spacial score (nSPS) is 11.6. The fourth-order valence-corrected chi connectivity index (χ4v) is 7.77. The molecule has 0 saturated heterocycles. The number of hydrogen-bond donors (Lipinski definition) is 0. The van der Waals surface area contributed by atoms with Gasteiger partial charge in [-0.2, -0.15) is 0 Å². The van der Waals surface area contributed by atoms with Crippen molar-refractivity contribution in [1.82, 2.24) is 4.98 Å². The van der Waals surface area contributed by atoms with Crippen molar-refractivity contribution < 1.29 is 13.3 Å². The van der Waals surface area contributed by atoms with E-state index in [0.29, 0.717) is 11.5 Å². The Bertz CT molecular complexity index is 3170. The molecule has 8 aromatic carbocycles. The third kappa shape index (κ3) is 5.15. The predicted octanol–water partition coefficient (Wildman–Crippen LogP) is 14.2. The Kier molecular flexibility index (Phi) is 7.07. The summed E-state index contributed by atoms with van der Waals surface area (Å²) in [5, 5.41) is 4.27. The third-order valence-electron chi connectivity index (χ3n) is 10.2. The zero-order valence-electron chi connectivity index (χ0n) is 29.5. The van der Waals surface area contributed by atoms with E-state index in [9.17, 15) is 0 Å². The molecule has 260 valence electrons. The average molecular weight is 710 g/mol. The lowest BCUT2D eigenvalue weighted by molar-refractivity contribution is 0.620. The first-order valence-electron chi connectivity index (χ1n) is 18.3. The van der Waals surface area contributed by atoms with Gasteiger partial charge in [0, 0.05) is 44.5 Å². The lowest BCUT2D eigenvalue weighted by Gasteiger charge is -2.29. The van der Waals surface area contributed by atoms with Crippen molar-refractivity contribution in [3.05, 3.63) is 188 Å². The average Bonchev–Trinajstić information content (AvgIpc) is 3.96. The fourth-order valence-electron chi connectivity index (χ4n) is 7.77. The molecule has 0 aliphatic heterocycles. The summed E-state index contributed by atoms with van der Waals surface area (Å²) in [6.45, 7) is 0. The van der Waals surface area contributed by atoms with E-state index in [-0.39, 0.29) is 0 Å². The van der Waals surface area contributed by atoms with Crippen molar-refractivity contribution in [2.75, 3.05) is 9.80 Å². The van der Waals surface area contributed by atoms with Gasteiger partial charge in [-0.25, -0.2) is 4.98 Å². The van der Waals surface area contributed by atoms with Gasteiger partial charge in [-0.3, -0.25) is 0 Å². The molecule has 0 N–H and O–H groups in total. The second kappa shape index (κ2) is 12.5. The highest BCUT2D eigenvalue weighted by Crippen LogP contribution is 2.48. The first-order valence-corrected chi connectivity index (χ1v) is 18.3. The Balaban J connectivity index is 1.21. The first kappa shape index (κ1) is 31.0. The summed E-state index contributed by atoms with van der Waals surface area (Å²) in [6, 6.07) is 64.2. The number of anilines is 6. The smallest absolute Gasteiger partial charge is 0.227 e. The van der Waals surface area contributed by atoms with E-state index in [4.69, 9.17) is 18.2 Å². The van der Waals surface area contributed by atoms with E-state index < -0.39 is 0 Å². The molecule has 0 aliphatic carbocycles. The highest BCUT2D eigenvalue weighted by molar-refractivity contribution is 6.11. The van der Waals surface area contributed by atoms with E-state index >= 15 is 0 Å². The molecule has 55 heavy (non-hydrogen) atoms. The number of oxazole rings is 1. The molecule has 6 heteroatoms. The van der Waals surface area contributed by atoms with Crippen LogP contribution >= 0.6 is 0 Å². The molecular weight excluding hydrogens is 679 g/mol. The van der Waals surface area contributed by atoms with Gasteiger partial charge in [-0.15, -0.1) is 0 Å². The van der Waals surface area contributed by atoms with Gasteiger partial charge < -0.3 is 23.1 Å². The largest absolute Gasteiger partial charge is 0.456 e. The zero-order chi connectivity index (χ0) is 36.3. The van der Waals surface area contributed by atoms with Crippen molar-refractivity contribution in [3.63, 3.8) is 0 Å². The van der Waals surface area contributed by atoms with Crippen LogP contribution in [0.3, 0.4) is 0 Å². The number of para-hydroxylation sites is 5. The van der Waals surface area contributed by atoms with Crippen LogP contribution < -0.4 is 9.80 Å². The maximum Gasteiger partial charge on any atom is 0.227 e. The van der Waals surface area contributed by atoms with Crippen molar-refractivity contribution in [2.24, 2.45) is 0 Å². The predicted molar refractivity (Wildman–Crippen MR) is 223 cm³/mol. The Morgan fingerprint density at radius 1 is 0.345 bits per heavy atom. The monoisotopic (exact) mass is 709 g/mol. The molecule has 0 radical (unpaired) electrons. The van der Waals surface area contributed by atoms with E-state index in [1.54, 1.807) is 0 Å². The standard InChI is InChI=1S/C49H31N3O3/c1-4-15-32(16-5-1)49-50-41-29-36(52(34-19-8-3-9-20-34)42-24-14-23-40-38-22-11-13-26-45(38)54-47(40)42)30-43(48(41)55-49)51(33-17-6-2-7-18-33)35-27-28-39-37-21-10-12-25-44(37)53-46(39)31-35/h1-31H. The third-order valence-corrected chi connectivity index (χ3v) is 10.2. The number of rotatable bonds is 7. The van der Waals surface area contributed by atoms with E-state index in [1.165, 1.54) is 0 Å². The molecule has 3 heterocycles. The van der Waals surface area contributed by atoms with Crippen molar-refractivity contribution >= 4 is 89.1 Å². The molecule has 0 spiro atoms. The highest BCUT2D eigenvalue weighted by Gasteiger charge is 2.26. The van der Waals surface area contributed by atoms with Gasteiger partial charge >= 0.3 is 0 Å². The van der Waals surface area contributed by atoms with Gasteiger partial charge in [0.2, 0.25) is 5.89 Å². The Hall–Kier alpha value is -7.57. The summed E-state index contributed by atoms with van der Waals surface area (Å²) in [5.41, 5.74) is 11.0. The molecule has 0 saturated carbocycles. The molecule has 0 unspecified atom stereocenters. The molecule has 0 fully saturated rings. The van der Waals surface area contributed by atoms with Gasteiger partial charge in [-0.1, -0.05) is 103 Å². The maximum atomic E-state index is 6.79. The van der Waals surface area contributed by atoms with E-state index in [2.05, 4.69) is 125 Å². The van der Waals surface area contributed by atoms with Crippen LogP contribution in [-0.2, 0) is 0 Å². The van der Waals surface area contributed by atoms with Gasteiger partial charge in [0.1, 0.15) is 22.3 Å². The summed E-state index contributed by atoms with van der Waals surface area (Å²) in [7, 11) is 0. The Labute approximate surface area is 315 Å². The van der Waals surface area contributed by atoms with Crippen molar-refractivity contribution in [1.29, 1.82) is 0 Å². The number of hydrogen-bond acceptors (Lipinski definition) is 6. The molecule has 0 atom stereocenters. The van der Waals surface area contributed by atoms with Crippen LogP contribution in [0.2, 0.25) is 0 Å². The summed E-state index contributed by atoms with van der Waals surface area (Å²) in [6.07, 6.45) is 0. The first-order chi connectivity index (χ1) is 27.3. The molecule has 11 rings (SSSR count). The Morgan fingerprint density at radius 3 is 1.65 bits per heavy atom. The van der Waals surface area contributed by atoms with E-state index in [0.717, 1.165) is 89.1 Å². The van der Waals surface area contributed by atoms with Crippen LogP contribution in [0.5, 0.6) is 0 Å². The van der Waals surface area contributed by atoms with Crippen LogP contribution in [0, 0.1) is 0 Å². The molecular formula is C49H31N3O3. The minimum absolute atomic E-state index is 0.542. The number of benzene rings is 8. The minimum atomic E-state index is 0.542. The lowest BCUT2D eigenvalue weighted by atomic mass is 10.1. The maximum absolute atomic E-state index is 6.79. The molecule has 3 aromatic heterocycles. The van der Waals surface area contributed by atoms with Crippen LogP contribution in [0.25, 0.3) is 66.4 Å². The minimum Gasteiger partial charge on any atom is -0.456 e. The number of nitrogens with zero attached hydrogens (tertiary/aromatic N) is 3. The fraction of sp³-hybridized carbons (Fsp3) is 0. The van der Waals surface area contributed by atoms with Gasteiger partial charge in [0.25, 0.3) is 0 Å². The summed E-state index contributed by atoms with van der Waals surface area (Å²) < 4.78 is 19.9. The second-order valence-electron chi connectivity index (χ2n) is 13.6. The second-order valence-corrected chi connectivity index (χ2v) is 13.6. The molecule has 0 aliphatic rings. The van der Waals surface area contributed by atoms with Gasteiger partial charge in [-0.05, 0) is 78.9 Å². The summed E-state index contributed by atoms with van der Waals surface area (Å²) in [4.78, 5) is 9.63. The molecule has 11 aromatic rings. The number of furan rings is 2. The van der Waals surface area contributed by atoms with Crippen LogP contribution in [0.1, 0.15) is 0 Å². The quantitative estimate of drug-likeness (QED) is 0.164. The van der Waals surface area contributed by atoms with Gasteiger partial charge in [0.05, 0.1) is 22.7 Å². The molecule has 6 nitrogen and oxygen atoms in total. The summed E-state index contributed by atoms with van der Waals surface area (Å²) >= 11 is 0. The van der Waals surface area contributed by atoms with Crippen LogP contribution in [-0.4, -0.2) is 4.98 Å². The van der Waals surface area contributed by atoms with Gasteiger partial charge in [0.15, 0.2) is 11.2 Å². The van der Waals surface area contributed by atoms with Crippen LogP contribution in [0.15, 0.2) is 201 Å².